The lowest BCUT2D eigenvalue weighted by Crippen LogP contribution is -2.20. The summed E-state index contributed by atoms with van der Waals surface area (Å²) in [4.78, 5) is 0. The Labute approximate surface area is 97.9 Å². The Morgan fingerprint density at radius 1 is 1.24 bits per heavy atom. The van der Waals surface area contributed by atoms with Crippen LogP contribution in [0, 0.1) is 0 Å². The molecule has 1 aliphatic heterocycles. The third-order valence-corrected chi connectivity index (χ3v) is 3.01. The highest BCUT2D eigenvalue weighted by molar-refractivity contribution is 5.31. The van der Waals surface area contributed by atoms with Crippen LogP contribution in [0.25, 0.3) is 0 Å². The van der Waals surface area contributed by atoms with Crippen LogP contribution in [-0.4, -0.2) is 6.61 Å². The molecule has 92 valence electrons. The standard InChI is InChI=1S/C13H13F3O/c1-9-7-12(2,17-8-9)10-3-5-11(6-4-10)13(14,15)16/h3-6H,1,7-8H2,2H3/t12-/m1/s1. The monoisotopic (exact) mass is 242 g/mol. The van der Waals surface area contributed by atoms with Crippen molar-refractivity contribution >= 4 is 0 Å². The summed E-state index contributed by atoms with van der Waals surface area (Å²) in [7, 11) is 0. The van der Waals surface area contributed by atoms with Crippen molar-refractivity contribution in [2.24, 2.45) is 0 Å². The van der Waals surface area contributed by atoms with Crippen LogP contribution in [0.5, 0.6) is 0 Å². The van der Waals surface area contributed by atoms with E-state index in [0.29, 0.717) is 13.0 Å². The fourth-order valence-electron chi connectivity index (χ4n) is 2.04. The van der Waals surface area contributed by atoms with Crippen molar-refractivity contribution < 1.29 is 17.9 Å². The third-order valence-electron chi connectivity index (χ3n) is 3.01. The Hall–Kier alpha value is -1.29. The predicted molar refractivity (Wildman–Crippen MR) is 58.5 cm³/mol. The lowest BCUT2D eigenvalue weighted by atomic mass is 9.91. The van der Waals surface area contributed by atoms with E-state index in [-0.39, 0.29) is 0 Å². The Kier molecular flexibility index (Phi) is 2.78. The molecule has 0 N–H and O–H groups in total. The number of alkyl halides is 3. The molecule has 17 heavy (non-hydrogen) atoms. The zero-order valence-corrected chi connectivity index (χ0v) is 9.47. The van der Waals surface area contributed by atoms with Crippen LogP contribution in [0.2, 0.25) is 0 Å². The van der Waals surface area contributed by atoms with Gasteiger partial charge in [-0.1, -0.05) is 18.7 Å². The first kappa shape index (κ1) is 12.2. The van der Waals surface area contributed by atoms with Gasteiger partial charge in [-0.3, -0.25) is 0 Å². The lowest BCUT2D eigenvalue weighted by Gasteiger charge is -2.23. The fourth-order valence-corrected chi connectivity index (χ4v) is 2.04. The second-order valence-electron chi connectivity index (χ2n) is 4.52. The van der Waals surface area contributed by atoms with Gasteiger partial charge in [0, 0.05) is 6.42 Å². The smallest absolute Gasteiger partial charge is 0.366 e. The molecule has 1 atom stereocenters. The number of rotatable bonds is 1. The summed E-state index contributed by atoms with van der Waals surface area (Å²) >= 11 is 0. The highest BCUT2D eigenvalue weighted by Gasteiger charge is 2.35. The molecule has 1 aromatic rings. The van der Waals surface area contributed by atoms with Crippen LogP contribution in [0.4, 0.5) is 13.2 Å². The number of hydrogen-bond donors (Lipinski definition) is 0. The molecule has 0 bridgehead atoms. The van der Waals surface area contributed by atoms with Crippen molar-refractivity contribution in [2.75, 3.05) is 6.61 Å². The lowest BCUT2D eigenvalue weighted by molar-refractivity contribution is -0.137. The second kappa shape index (κ2) is 3.88. The van der Waals surface area contributed by atoms with Gasteiger partial charge in [-0.2, -0.15) is 13.2 Å². The maximum absolute atomic E-state index is 12.4. The largest absolute Gasteiger partial charge is 0.416 e. The van der Waals surface area contributed by atoms with Crippen molar-refractivity contribution in [3.63, 3.8) is 0 Å². The average molecular weight is 242 g/mol. The molecule has 0 saturated carbocycles. The zero-order valence-electron chi connectivity index (χ0n) is 9.47. The highest BCUT2D eigenvalue weighted by Crippen LogP contribution is 2.38. The van der Waals surface area contributed by atoms with E-state index in [9.17, 15) is 13.2 Å². The third kappa shape index (κ3) is 2.36. The summed E-state index contributed by atoms with van der Waals surface area (Å²) in [5.74, 6) is 0. The van der Waals surface area contributed by atoms with Gasteiger partial charge in [0.15, 0.2) is 0 Å². The SMILES string of the molecule is C=C1CO[C@@](C)(c2ccc(C(F)(F)F)cc2)C1. The minimum atomic E-state index is -4.29. The van der Waals surface area contributed by atoms with Gasteiger partial charge in [-0.05, 0) is 30.2 Å². The second-order valence-corrected chi connectivity index (χ2v) is 4.52. The molecule has 0 spiro atoms. The summed E-state index contributed by atoms with van der Waals surface area (Å²) in [5.41, 5.74) is 0.541. The molecule has 1 heterocycles. The molecule has 0 amide bonds. The van der Waals surface area contributed by atoms with E-state index in [1.165, 1.54) is 12.1 Å². The molecule has 1 fully saturated rings. The van der Waals surface area contributed by atoms with E-state index in [4.69, 9.17) is 4.74 Å². The normalized spacial score (nSPS) is 25.3. The van der Waals surface area contributed by atoms with E-state index >= 15 is 0 Å². The summed E-state index contributed by atoms with van der Waals surface area (Å²) in [6.45, 7) is 6.17. The molecule has 1 nitrogen and oxygen atoms in total. The average Bonchev–Trinajstić information content (AvgIpc) is 2.59. The van der Waals surface area contributed by atoms with Gasteiger partial charge in [0.05, 0.1) is 17.8 Å². The van der Waals surface area contributed by atoms with Crippen molar-refractivity contribution in [1.82, 2.24) is 0 Å². The van der Waals surface area contributed by atoms with Crippen LogP contribution in [0.3, 0.4) is 0 Å². The van der Waals surface area contributed by atoms with Gasteiger partial charge in [0.25, 0.3) is 0 Å². The molecule has 0 radical (unpaired) electrons. The molecular weight excluding hydrogens is 229 g/mol. The Morgan fingerprint density at radius 2 is 1.82 bits per heavy atom. The Morgan fingerprint density at radius 3 is 2.24 bits per heavy atom. The van der Waals surface area contributed by atoms with Crippen molar-refractivity contribution in [1.29, 1.82) is 0 Å². The molecule has 1 aliphatic rings. The Balaban J connectivity index is 2.27. The number of ether oxygens (including phenoxy) is 1. The van der Waals surface area contributed by atoms with Crippen LogP contribution in [0.1, 0.15) is 24.5 Å². The van der Waals surface area contributed by atoms with Gasteiger partial charge in [0.1, 0.15) is 0 Å². The van der Waals surface area contributed by atoms with Crippen molar-refractivity contribution in [3.05, 3.63) is 47.5 Å². The van der Waals surface area contributed by atoms with E-state index in [1.807, 2.05) is 6.92 Å². The molecule has 0 unspecified atom stereocenters. The summed E-state index contributed by atoms with van der Waals surface area (Å²) < 4.78 is 42.8. The predicted octanol–water partition coefficient (Wildman–Crippen LogP) is 3.90. The van der Waals surface area contributed by atoms with Crippen LogP contribution in [-0.2, 0) is 16.5 Å². The first-order chi connectivity index (χ1) is 7.81. The van der Waals surface area contributed by atoms with Crippen molar-refractivity contribution in [3.8, 4) is 0 Å². The minimum Gasteiger partial charge on any atom is -0.366 e. The van der Waals surface area contributed by atoms with Crippen LogP contribution < -0.4 is 0 Å². The maximum atomic E-state index is 12.4. The van der Waals surface area contributed by atoms with E-state index < -0.39 is 17.3 Å². The zero-order chi connectivity index (χ0) is 12.7. The van der Waals surface area contributed by atoms with E-state index in [1.54, 1.807) is 0 Å². The topological polar surface area (TPSA) is 9.23 Å². The maximum Gasteiger partial charge on any atom is 0.416 e. The quantitative estimate of drug-likeness (QED) is 0.679. The van der Waals surface area contributed by atoms with Gasteiger partial charge in [0.2, 0.25) is 0 Å². The Bertz CT molecular complexity index is 433. The van der Waals surface area contributed by atoms with Gasteiger partial charge >= 0.3 is 6.18 Å². The molecule has 2 rings (SSSR count). The summed E-state index contributed by atoms with van der Waals surface area (Å²) in [5, 5.41) is 0. The molecule has 0 aromatic heterocycles. The molecule has 1 saturated heterocycles. The summed E-state index contributed by atoms with van der Waals surface area (Å²) in [6.07, 6.45) is -3.64. The highest BCUT2D eigenvalue weighted by atomic mass is 19.4. The van der Waals surface area contributed by atoms with E-state index in [0.717, 1.165) is 23.3 Å². The molecular formula is C13H13F3O. The van der Waals surface area contributed by atoms with E-state index in [2.05, 4.69) is 6.58 Å². The van der Waals surface area contributed by atoms with Gasteiger partial charge in [-0.25, -0.2) is 0 Å². The van der Waals surface area contributed by atoms with Crippen LogP contribution >= 0.6 is 0 Å². The number of halogens is 3. The van der Waals surface area contributed by atoms with Crippen LogP contribution in [0.15, 0.2) is 36.4 Å². The van der Waals surface area contributed by atoms with Gasteiger partial charge in [-0.15, -0.1) is 0 Å². The fraction of sp³-hybridized carbons (Fsp3) is 0.385. The number of hydrogen-bond acceptors (Lipinski definition) is 1. The summed E-state index contributed by atoms with van der Waals surface area (Å²) in [6, 6.07) is 5.12. The molecule has 4 heteroatoms. The minimum absolute atomic E-state index is 0.470. The van der Waals surface area contributed by atoms with Gasteiger partial charge < -0.3 is 4.74 Å². The molecule has 0 aliphatic carbocycles. The molecule has 1 aromatic carbocycles. The van der Waals surface area contributed by atoms with Crippen molar-refractivity contribution in [2.45, 2.75) is 25.1 Å². The first-order valence-corrected chi connectivity index (χ1v) is 5.30. The first-order valence-electron chi connectivity index (χ1n) is 5.30. The number of benzene rings is 1.